The molecule has 5 heteroatoms. The van der Waals surface area contributed by atoms with E-state index < -0.39 is 10.3 Å². The van der Waals surface area contributed by atoms with Crippen molar-refractivity contribution >= 4 is 11.7 Å². The number of hydrogen-bond acceptors (Lipinski definition) is 4. The van der Waals surface area contributed by atoms with Crippen molar-refractivity contribution < 1.29 is 14.5 Å². The summed E-state index contributed by atoms with van der Waals surface area (Å²) < 4.78 is 5.38. The summed E-state index contributed by atoms with van der Waals surface area (Å²) in [6, 6.07) is 6.40. The number of nitro groups is 1. The van der Waals surface area contributed by atoms with Crippen molar-refractivity contribution in [2.24, 2.45) is 5.41 Å². The molecular weight excluding hydrogens is 330 g/mol. The molecule has 0 saturated carbocycles. The number of non-ortho nitro benzene ring substituents is 1. The molecule has 0 aliphatic heterocycles. The van der Waals surface area contributed by atoms with Crippen LogP contribution in [0.25, 0.3) is 0 Å². The van der Waals surface area contributed by atoms with E-state index in [0.29, 0.717) is 6.61 Å². The number of benzene rings is 1. The predicted octanol–water partition coefficient (Wildman–Crippen LogP) is 5.10. The zero-order valence-electron chi connectivity index (χ0n) is 15.9. The van der Waals surface area contributed by atoms with Gasteiger partial charge in [0.1, 0.15) is 0 Å². The van der Waals surface area contributed by atoms with Crippen LogP contribution in [0, 0.1) is 15.5 Å². The van der Waals surface area contributed by atoms with Crippen LogP contribution in [0.1, 0.15) is 46.1 Å². The monoisotopic (exact) mass is 355 g/mol. The third-order valence-electron chi connectivity index (χ3n) is 4.65. The van der Waals surface area contributed by atoms with Crippen LogP contribution in [-0.2, 0) is 9.53 Å². The van der Waals surface area contributed by atoms with Crippen LogP contribution in [0.4, 0.5) is 5.69 Å². The number of nitro benzene ring substituents is 1. The van der Waals surface area contributed by atoms with Gasteiger partial charge in [-0.1, -0.05) is 47.1 Å². The van der Waals surface area contributed by atoms with Crippen molar-refractivity contribution in [1.29, 1.82) is 0 Å². The van der Waals surface area contributed by atoms with Crippen molar-refractivity contribution in [3.8, 4) is 0 Å². The summed E-state index contributed by atoms with van der Waals surface area (Å²) in [6.07, 6.45) is 6.03. The Morgan fingerprint density at radius 3 is 2.31 bits per heavy atom. The molecule has 138 valence electrons. The average Bonchev–Trinajstić information content (AvgIpc) is 2.54. The molecule has 0 fully saturated rings. The van der Waals surface area contributed by atoms with Gasteiger partial charge in [0.2, 0.25) is 0 Å². The van der Waals surface area contributed by atoms with Gasteiger partial charge in [0.25, 0.3) is 5.69 Å². The molecule has 2 atom stereocenters. The minimum atomic E-state index is -0.909. The first kappa shape index (κ1) is 19.6. The standard InChI is InChI=1S/C21H25NO4/c1-6-26-20(23)21(5)13-15(3)11-14(2)12-16(4)19(21)17-7-9-18(10-8-17)22(24)25/h7-13,19H,6H2,1-5H3/b14-11-,15-13-,16-12-/t19-,21-/m0/s1. The van der Waals surface area contributed by atoms with Crippen molar-refractivity contribution in [2.75, 3.05) is 6.61 Å². The Kier molecular flexibility index (Phi) is 5.80. The van der Waals surface area contributed by atoms with E-state index >= 15 is 0 Å². The van der Waals surface area contributed by atoms with Crippen LogP contribution in [0.5, 0.6) is 0 Å². The van der Waals surface area contributed by atoms with Gasteiger partial charge in [-0.05, 0) is 40.2 Å². The molecule has 0 saturated heterocycles. The highest BCUT2D eigenvalue weighted by Gasteiger charge is 2.43. The molecule has 2 rings (SSSR count). The largest absolute Gasteiger partial charge is 0.465 e. The third-order valence-corrected chi connectivity index (χ3v) is 4.65. The quantitative estimate of drug-likeness (QED) is 0.428. The lowest BCUT2D eigenvalue weighted by molar-refractivity contribution is -0.384. The summed E-state index contributed by atoms with van der Waals surface area (Å²) in [5.41, 5.74) is 3.05. The zero-order valence-corrected chi connectivity index (χ0v) is 15.9. The summed E-state index contributed by atoms with van der Waals surface area (Å²) in [6.45, 7) is 9.91. The van der Waals surface area contributed by atoms with Gasteiger partial charge >= 0.3 is 5.97 Å². The number of carbonyl (C=O) groups excluding carboxylic acids is 1. The van der Waals surface area contributed by atoms with E-state index in [1.807, 2.05) is 39.8 Å². The molecule has 1 aliphatic rings. The van der Waals surface area contributed by atoms with E-state index in [4.69, 9.17) is 4.74 Å². The Hall–Kier alpha value is -2.69. The second-order valence-electron chi connectivity index (χ2n) is 6.95. The second-order valence-corrected chi connectivity index (χ2v) is 6.95. The maximum atomic E-state index is 12.9. The van der Waals surface area contributed by atoms with Crippen LogP contribution >= 0.6 is 0 Å². The van der Waals surface area contributed by atoms with E-state index in [2.05, 4.69) is 6.08 Å². The fourth-order valence-corrected chi connectivity index (χ4v) is 3.78. The zero-order chi connectivity index (χ0) is 19.5. The van der Waals surface area contributed by atoms with Gasteiger partial charge in [-0.25, -0.2) is 0 Å². The summed E-state index contributed by atoms with van der Waals surface area (Å²) in [7, 11) is 0. The molecule has 0 unspecified atom stereocenters. The first-order chi connectivity index (χ1) is 12.2. The van der Waals surface area contributed by atoms with Crippen molar-refractivity contribution in [2.45, 2.75) is 40.5 Å². The highest BCUT2D eigenvalue weighted by molar-refractivity contribution is 5.81. The fraction of sp³-hybridized carbons (Fsp3) is 0.381. The topological polar surface area (TPSA) is 69.4 Å². The van der Waals surface area contributed by atoms with Crippen LogP contribution in [0.3, 0.4) is 0 Å². The SMILES string of the molecule is CCOC(=O)[C@@]1(C)\C=C(C)/C=C(C)\C=C(\C)[C@H]1c1ccc([N+](=O)[O-])cc1. The van der Waals surface area contributed by atoms with Crippen LogP contribution < -0.4 is 0 Å². The molecule has 0 radical (unpaired) electrons. The Morgan fingerprint density at radius 2 is 1.77 bits per heavy atom. The molecule has 0 bridgehead atoms. The Labute approximate surface area is 154 Å². The Balaban J connectivity index is 2.67. The number of rotatable bonds is 4. The number of esters is 1. The molecule has 0 spiro atoms. The molecule has 1 aromatic carbocycles. The third kappa shape index (κ3) is 3.93. The maximum Gasteiger partial charge on any atom is 0.316 e. The molecule has 0 N–H and O–H groups in total. The highest BCUT2D eigenvalue weighted by atomic mass is 16.6. The van der Waals surface area contributed by atoms with Gasteiger partial charge < -0.3 is 4.74 Å². The average molecular weight is 355 g/mol. The Bertz CT molecular complexity index is 802. The first-order valence-corrected chi connectivity index (χ1v) is 8.66. The van der Waals surface area contributed by atoms with Crippen LogP contribution in [-0.4, -0.2) is 17.5 Å². The lowest BCUT2D eigenvalue weighted by Gasteiger charge is -2.35. The van der Waals surface area contributed by atoms with Gasteiger partial charge in [-0.15, -0.1) is 0 Å². The molecule has 5 nitrogen and oxygen atoms in total. The molecule has 1 aromatic rings. The number of ether oxygens (including phenoxy) is 1. The van der Waals surface area contributed by atoms with Crippen molar-refractivity contribution in [3.63, 3.8) is 0 Å². The van der Waals surface area contributed by atoms with Gasteiger partial charge in [-0.3, -0.25) is 14.9 Å². The first-order valence-electron chi connectivity index (χ1n) is 8.66. The number of carbonyl (C=O) groups is 1. The van der Waals surface area contributed by atoms with E-state index in [1.165, 1.54) is 12.1 Å². The minimum absolute atomic E-state index is 0.0295. The number of hydrogen-bond donors (Lipinski definition) is 0. The fourth-order valence-electron chi connectivity index (χ4n) is 3.78. The van der Waals surface area contributed by atoms with Gasteiger partial charge in [0.05, 0.1) is 16.9 Å². The molecule has 0 heterocycles. The maximum absolute atomic E-state index is 12.9. The van der Waals surface area contributed by atoms with E-state index in [9.17, 15) is 14.9 Å². The molecule has 0 amide bonds. The van der Waals surface area contributed by atoms with E-state index in [-0.39, 0.29) is 17.6 Å². The van der Waals surface area contributed by atoms with Gasteiger partial charge in [0.15, 0.2) is 0 Å². The number of allylic oxidation sites excluding steroid dienone is 5. The lowest BCUT2D eigenvalue weighted by Crippen LogP contribution is -2.36. The Morgan fingerprint density at radius 1 is 1.15 bits per heavy atom. The second kappa shape index (κ2) is 7.68. The normalized spacial score (nSPS) is 29.1. The van der Waals surface area contributed by atoms with Crippen LogP contribution in [0.15, 0.2) is 59.2 Å². The minimum Gasteiger partial charge on any atom is -0.465 e. The van der Waals surface area contributed by atoms with Gasteiger partial charge in [0, 0.05) is 18.1 Å². The van der Waals surface area contributed by atoms with Crippen molar-refractivity contribution in [1.82, 2.24) is 0 Å². The summed E-state index contributed by atoms with van der Waals surface area (Å²) in [4.78, 5) is 23.4. The summed E-state index contributed by atoms with van der Waals surface area (Å²) in [5.74, 6) is -0.579. The predicted molar refractivity (Wildman–Crippen MR) is 102 cm³/mol. The van der Waals surface area contributed by atoms with E-state index in [1.54, 1.807) is 19.1 Å². The van der Waals surface area contributed by atoms with Gasteiger partial charge in [-0.2, -0.15) is 0 Å². The smallest absolute Gasteiger partial charge is 0.316 e. The van der Waals surface area contributed by atoms with Crippen LogP contribution in [0.2, 0.25) is 0 Å². The summed E-state index contributed by atoms with van der Waals surface area (Å²) >= 11 is 0. The summed E-state index contributed by atoms with van der Waals surface area (Å²) in [5, 5.41) is 11.0. The molecule has 0 aromatic heterocycles. The van der Waals surface area contributed by atoms with Crippen molar-refractivity contribution in [3.05, 3.63) is 74.9 Å². The lowest BCUT2D eigenvalue weighted by atomic mass is 9.68. The number of nitrogens with zero attached hydrogens (tertiary/aromatic N) is 1. The highest BCUT2D eigenvalue weighted by Crippen LogP contribution is 2.45. The molecular formula is C21H25NO4. The molecule has 1 aliphatic carbocycles. The van der Waals surface area contributed by atoms with E-state index in [0.717, 1.165) is 22.3 Å². The molecule has 26 heavy (non-hydrogen) atoms.